The van der Waals surface area contributed by atoms with Gasteiger partial charge in [0.1, 0.15) is 0 Å². The number of hydrogen-bond acceptors (Lipinski definition) is 6. The molecule has 0 bridgehead atoms. The summed E-state index contributed by atoms with van der Waals surface area (Å²) in [6.07, 6.45) is 7.09. The van der Waals surface area contributed by atoms with Gasteiger partial charge in [0.25, 0.3) is 11.5 Å². The number of rotatable bonds is 14. The van der Waals surface area contributed by atoms with E-state index in [2.05, 4.69) is 64.3 Å². The summed E-state index contributed by atoms with van der Waals surface area (Å²) in [5.74, 6) is 0.108. The first-order valence-corrected chi connectivity index (χ1v) is 18.7. The summed E-state index contributed by atoms with van der Waals surface area (Å²) < 4.78 is 5.68. The fraction of sp³-hybridized carbons (Fsp3) is 0.537. The van der Waals surface area contributed by atoms with Crippen LogP contribution in [0.3, 0.4) is 0 Å². The second kappa shape index (κ2) is 17.8. The Balaban J connectivity index is 1.32. The van der Waals surface area contributed by atoms with Crippen LogP contribution in [0.2, 0.25) is 0 Å². The third-order valence-corrected chi connectivity index (χ3v) is 10.5. The van der Waals surface area contributed by atoms with Gasteiger partial charge in [0.15, 0.2) is 0 Å². The molecule has 3 aromatic rings. The molecule has 9 heteroatoms. The van der Waals surface area contributed by atoms with Gasteiger partial charge in [-0.2, -0.15) is 0 Å². The van der Waals surface area contributed by atoms with E-state index >= 15 is 0 Å². The molecule has 5 rings (SSSR count). The topological polar surface area (TPSA) is 98.0 Å². The number of hydrogen-bond donors (Lipinski definition) is 2. The molecule has 2 aliphatic rings. The number of carbonyl (C=O) groups excluding carboxylic acids is 2. The Morgan fingerprint density at radius 3 is 2.30 bits per heavy atom. The van der Waals surface area contributed by atoms with Crippen molar-refractivity contribution >= 4 is 17.5 Å². The second-order valence-corrected chi connectivity index (χ2v) is 14.1. The van der Waals surface area contributed by atoms with Gasteiger partial charge in [-0.3, -0.25) is 19.3 Å². The van der Waals surface area contributed by atoms with E-state index < -0.39 is 0 Å². The summed E-state index contributed by atoms with van der Waals surface area (Å²) in [6.45, 7) is 16.8. The van der Waals surface area contributed by atoms with Crippen LogP contribution in [-0.2, 0) is 22.6 Å². The molecular formula is C41H57N5O4. The zero-order chi connectivity index (χ0) is 35.6. The van der Waals surface area contributed by atoms with Crippen molar-refractivity contribution in [2.24, 2.45) is 0 Å². The van der Waals surface area contributed by atoms with Crippen LogP contribution in [0.5, 0.6) is 0 Å². The molecule has 0 radical (unpaired) electrons. The van der Waals surface area contributed by atoms with E-state index in [1.807, 2.05) is 37.8 Å². The predicted molar refractivity (Wildman–Crippen MR) is 202 cm³/mol. The SMILES string of the molecule is CCCCCCC(=O)N1CCN(Cc2ccc(-c3cc(C(=O)NCc4c(C)cc(C)[nH]c4=O)c(C)c(N(CC)C4CCOCC4)c3)cc2)CC1. The van der Waals surface area contributed by atoms with Gasteiger partial charge in [0.05, 0.1) is 0 Å². The maximum absolute atomic E-state index is 13.9. The van der Waals surface area contributed by atoms with E-state index in [1.54, 1.807) is 0 Å². The highest BCUT2D eigenvalue weighted by molar-refractivity contribution is 5.99. The monoisotopic (exact) mass is 683 g/mol. The molecule has 0 aliphatic carbocycles. The average Bonchev–Trinajstić information content (AvgIpc) is 3.11. The first kappa shape index (κ1) is 37.3. The molecule has 270 valence electrons. The molecule has 2 amide bonds. The molecule has 9 nitrogen and oxygen atoms in total. The standard InChI is InChI=1S/C41H57N5O4/c1-6-8-9-10-11-39(47)45-20-18-44(19-21-45)28-32-12-14-33(15-13-32)34-25-36(40(48)42-27-37-29(3)24-30(4)43-41(37)49)31(5)38(26-34)46(7-2)35-16-22-50-23-17-35/h12-15,24-26,35H,6-11,16-23,27-28H2,1-5H3,(H,42,48)(H,43,49). The van der Waals surface area contributed by atoms with Crippen LogP contribution in [0.1, 0.15) is 97.1 Å². The Morgan fingerprint density at radius 1 is 0.920 bits per heavy atom. The van der Waals surface area contributed by atoms with Gasteiger partial charge in [-0.25, -0.2) is 0 Å². The first-order chi connectivity index (χ1) is 24.2. The first-order valence-electron chi connectivity index (χ1n) is 18.7. The summed E-state index contributed by atoms with van der Waals surface area (Å²) in [4.78, 5) is 49.0. The number of nitrogens with one attached hydrogen (secondary N) is 2. The van der Waals surface area contributed by atoms with Crippen LogP contribution in [0.15, 0.2) is 47.3 Å². The van der Waals surface area contributed by atoms with Gasteiger partial charge in [0.2, 0.25) is 5.91 Å². The number of amides is 2. The maximum Gasteiger partial charge on any atom is 0.253 e. The van der Waals surface area contributed by atoms with E-state index in [0.717, 1.165) is 112 Å². The lowest BCUT2D eigenvalue weighted by molar-refractivity contribution is -0.133. The van der Waals surface area contributed by atoms with Gasteiger partial charge in [-0.15, -0.1) is 0 Å². The van der Waals surface area contributed by atoms with Gasteiger partial charge in [-0.05, 0) is 93.0 Å². The van der Waals surface area contributed by atoms with Gasteiger partial charge in [0, 0.05) is 94.0 Å². The highest BCUT2D eigenvalue weighted by Gasteiger charge is 2.25. The number of nitrogens with zero attached hydrogens (tertiary/aromatic N) is 3. The molecule has 2 aromatic carbocycles. The van der Waals surface area contributed by atoms with Crippen molar-refractivity contribution in [1.29, 1.82) is 0 Å². The van der Waals surface area contributed by atoms with Crippen molar-refractivity contribution in [2.75, 3.05) is 50.8 Å². The lowest BCUT2D eigenvalue weighted by Gasteiger charge is -2.37. The largest absolute Gasteiger partial charge is 0.381 e. The van der Waals surface area contributed by atoms with Crippen LogP contribution in [0, 0.1) is 20.8 Å². The van der Waals surface area contributed by atoms with Crippen molar-refractivity contribution in [2.45, 2.75) is 98.7 Å². The third-order valence-electron chi connectivity index (χ3n) is 10.5. The zero-order valence-corrected chi connectivity index (χ0v) is 30.9. The normalized spacial score (nSPS) is 15.7. The molecule has 50 heavy (non-hydrogen) atoms. The highest BCUT2D eigenvalue weighted by Crippen LogP contribution is 2.34. The molecule has 0 saturated carbocycles. The van der Waals surface area contributed by atoms with Crippen LogP contribution < -0.4 is 15.8 Å². The minimum absolute atomic E-state index is 0.160. The number of pyridine rings is 1. The Labute approximate surface area is 298 Å². The molecule has 2 fully saturated rings. The second-order valence-electron chi connectivity index (χ2n) is 14.1. The number of ether oxygens (including phenoxy) is 1. The minimum Gasteiger partial charge on any atom is -0.381 e. The van der Waals surface area contributed by atoms with Crippen molar-refractivity contribution in [3.05, 3.63) is 86.3 Å². The molecule has 2 saturated heterocycles. The Bertz CT molecular complexity index is 1650. The van der Waals surface area contributed by atoms with Crippen LogP contribution in [-0.4, -0.2) is 78.6 Å². The molecule has 0 spiro atoms. The lowest BCUT2D eigenvalue weighted by atomic mass is 9.94. The van der Waals surface area contributed by atoms with Crippen LogP contribution in [0.25, 0.3) is 11.1 Å². The number of benzene rings is 2. The number of carbonyl (C=O) groups is 2. The molecular weight excluding hydrogens is 626 g/mol. The van der Waals surface area contributed by atoms with Crippen LogP contribution in [0.4, 0.5) is 5.69 Å². The minimum atomic E-state index is -0.191. The Morgan fingerprint density at radius 2 is 1.64 bits per heavy atom. The molecule has 3 heterocycles. The fourth-order valence-corrected chi connectivity index (χ4v) is 7.46. The maximum atomic E-state index is 13.9. The van der Waals surface area contributed by atoms with Crippen molar-refractivity contribution in [3.8, 4) is 11.1 Å². The summed E-state index contributed by atoms with van der Waals surface area (Å²) >= 11 is 0. The Kier molecular flexibility index (Phi) is 13.3. The quantitative estimate of drug-likeness (QED) is 0.188. The van der Waals surface area contributed by atoms with E-state index in [9.17, 15) is 14.4 Å². The third kappa shape index (κ3) is 9.43. The molecule has 1 aromatic heterocycles. The van der Waals surface area contributed by atoms with Gasteiger partial charge in [-0.1, -0.05) is 50.5 Å². The van der Waals surface area contributed by atoms with E-state index in [-0.39, 0.29) is 18.0 Å². The van der Waals surface area contributed by atoms with Gasteiger partial charge >= 0.3 is 0 Å². The number of aromatic amines is 1. The molecule has 2 N–H and O–H groups in total. The number of H-pyrrole nitrogens is 1. The highest BCUT2D eigenvalue weighted by atomic mass is 16.5. The molecule has 2 aliphatic heterocycles. The summed E-state index contributed by atoms with van der Waals surface area (Å²) in [7, 11) is 0. The number of aromatic nitrogens is 1. The lowest BCUT2D eigenvalue weighted by Crippen LogP contribution is -2.48. The number of anilines is 1. The van der Waals surface area contributed by atoms with Crippen LogP contribution >= 0.6 is 0 Å². The van der Waals surface area contributed by atoms with Gasteiger partial charge < -0.3 is 24.8 Å². The number of piperazine rings is 1. The summed E-state index contributed by atoms with van der Waals surface area (Å²) in [5.41, 5.74) is 7.96. The zero-order valence-electron chi connectivity index (χ0n) is 30.9. The van der Waals surface area contributed by atoms with Crippen molar-refractivity contribution in [3.63, 3.8) is 0 Å². The van der Waals surface area contributed by atoms with Crippen molar-refractivity contribution < 1.29 is 14.3 Å². The van der Waals surface area contributed by atoms with E-state index in [4.69, 9.17) is 4.74 Å². The predicted octanol–water partition coefficient (Wildman–Crippen LogP) is 6.52. The number of unbranched alkanes of at least 4 members (excludes halogenated alkanes) is 3. The Hall–Kier alpha value is -3.95. The smallest absolute Gasteiger partial charge is 0.253 e. The molecule has 0 unspecified atom stereocenters. The summed E-state index contributed by atoms with van der Waals surface area (Å²) in [6, 6.07) is 15.2. The van der Waals surface area contributed by atoms with Crippen molar-refractivity contribution in [1.82, 2.24) is 20.1 Å². The summed E-state index contributed by atoms with van der Waals surface area (Å²) in [5, 5.41) is 3.05. The van der Waals surface area contributed by atoms with E-state index in [1.165, 1.54) is 18.4 Å². The fourth-order valence-electron chi connectivity index (χ4n) is 7.46. The number of aryl methyl sites for hydroxylation is 2. The van der Waals surface area contributed by atoms with E-state index in [0.29, 0.717) is 29.5 Å². The molecule has 0 atom stereocenters. The average molecular weight is 684 g/mol.